The van der Waals surface area contributed by atoms with E-state index >= 15 is 0 Å². The second-order valence-electron chi connectivity index (χ2n) is 6.55. The van der Waals surface area contributed by atoms with Crippen molar-refractivity contribution in [1.29, 1.82) is 0 Å². The van der Waals surface area contributed by atoms with Crippen molar-refractivity contribution in [3.05, 3.63) is 35.4 Å². The zero-order valence-corrected chi connectivity index (χ0v) is 12.1. The van der Waals surface area contributed by atoms with Gasteiger partial charge in [0.05, 0.1) is 12.7 Å². The SMILES string of the molecule is O=C(CO)N1C[C@@H]2C(OCC3CC3)c3ccccc3[C@@H]2C1. The highest BCUT2D eigenvalue weighted by atomic mass is 16.5. The van der Waals surface area contributed by atoms with E-state index in [1.807, 2.05) is 0 Å². The van der Waals surface area contributed by atoms with E-state index in [1.165, 1.54) is 24.0 Å². The Labute approximate surface area is 124 Å². The van der Waals surface area contributed by atoms with Gasteiger partial charge in [-0.05, 0) is 29.9 Å². The van der Waals surface area contributed by atoms with E-state index in [-0.39, 0.29) is 12.0 Å². The van der Waals surface area contributed by atoms with Crippen LogP contribution in [-0.2, 0) is 9.53 Å². The highest BCUT2D eigenvalue weighted by molar-refractivity contribution is 5.77. The Hall–Kier alpha value is -1.39. The molecule has 1 saturated carbocycles. The predicted molar refractivity (Wildman–Crippen MR) is 77.8 cm³/mol. The lowest BCUT2D eigenvalue weighted by Gasteiger charge is -2.22. The summed E-state index contributed by atoms with van der Waals surface area (Å²) in [6.45, 7) is 1.86. The van der Waals surface area contributed by atoms with Gasteiger partial charge in [0.1, 0.15) is 6.61 Å². The van der Waals surface area contributed by atoms with Crippen LogP contribution in [-0.4, -0.2) is 42.2 Å². The van der Waals surface area contributed by atoms with Gasteiger partial charge in [-0.3, -0.25) is 4.79 Å². The largest absolute Gasteiger partial charge is 0.387 e. The Bertz CT molecular complexity index is 555. The fourth-order valence-electron chi connectivity index (χ4n) is 3.84. The highest BCUT2D eigenvalue weighted by Crippen LogP contribution is 2.51. The minimum Gasteiger partial charge on any atom is -0.387 e. The number of fused-ring (bicyclic) bond motifs is 3. The number of aliphatic hydroxyl groups excluding tert-OH is 1. The van der Waals surface area contributed by atoms with Crippen LogP contribution >= 0.6 is 0 Å². The Kier molecular flexibility index (Phi) is 3.23. The summed E-state index contributed by atoms with van der Waals surface area (Å²) in [6, 6.07) is 8.48. The van der Waals surface area contributed by atoms with Crippen LogP contribution in [0.4, 0.5) is 0 Å². The number of likely N-dealkylation sites (tertiary alicyclic amines) is 1. The van der Waals surface area contributed by atoms with Crippen molar-refractivity contribution < 1.29 is 14.6 Å². The molecule has 1 heterocycles. The molecule has 3 atom stereocenters. The van der Waals surface area contributed by atoms with Gasteiger partial charge in [0.25, 0.3) is 0 Å². The monoisotopic (exact) mass is 287 g/mol. The molecule has 1 amide bonds. The van der Waals surface area contributed by atoms with Gasteiger partial charge in [-0.1, -0.05) is 24.3 Å². The van der Waals surface area contributed by atoms with Crippen LogP contribution in [0.2, 0.25) is 0 Å². The lowest BCUT2D eigenvalue weighted by Crippen LogP contribution is -2.32. The number of benzene rings is 1. The Balaban J connectivity index is 1.58. The van der Waals surface area contributed by atoms with Crippen LogP contribution in [0.3, 0.4) is 0 Å². The smallest absolute Gasteiger partial charge is 0.248 e. The lowest BCUT2D eigenvalue weighted by molar-refractivity contribution is -0.133. The molecule has 2 fully saturated rings. The molecule has 4 rings (SSSR count). The summed E-state index contributed by atoms with van der Waals surface area (Å²) >= 11 is 0. The molecule has 4 nitrogen and oxygen atoms in total. The first-order valence-corrected chi connectivity index (χ1v) is 7.87. The van der Waals surface area contributed by atoms with E-state index in [9.17, 15) is 4.79 Å². The fourth-order valence-corrected chi connectivity index (χ4v) is 3.84. The van der Waals surface area contributed by atoms with Crippen LogP contribution in [0.15, 0.2) is 24.3 Å². The molecule has 4 heteroatoms. The topological polar surface area (TPSA) is 49.8 Å². The molecule has 1 N–H and O–H groups in total. The maximum atomic E-state index is 11.8. The number of amides is 1. The van der Waals surface area contributed by atoms with Crippen LogP contribution in [0.25, 0.3) is 0 Å². The standard InChI is InChI=1S/C17H21NO3/c19-9-16(20)18-7-14-12-3-1-2-4-13(12)17(15(14)8-18)21-10-11-5-6-11/h1-4,11,14-15,17,19H,5-10H2/t14-,15-,17?/m0/s1. The third-order valence-corrected chi connectivity index (χ3v) is 5.15. The summed E-state index contributed by atoms with van der Waals surface area (Å²) < 4.78 is 6.23. The maximum absolute atomic E-state index is 11.8. The van der Waals surface area contributed by atoms with Crippen molar-refractivity contribution in [2.75, 3.05) is 26.3 Å². The average Bonchev–Trinajstić information content (AvgIpc) is 3.16. The molecule has 2 aliphatic carbocycles. The number of hydrogen-bond donors (Lipinski definition) is 1. The van der Waals surface area contributed by atoms with Crippen molar-refractivity contribution in [1.82, 2.24) is 4.90 Å². The number of hydrogen-bond acceptors (Lipinski definition) is 3. The molecule has 21 heavy (non-hydrogen) atoms. The summed E-state index contributed by atoms with van der Waals surface area (Å²) in [4.78, 5) is 13.6. The van der Waals surface area contributed by atoms with Gasteiger partial charge in [0, 0.05) is 24.9 Å². The number of aliphatic hydroxyl groups is 1. The van der Waals surface area contributed by atoms with Gasteiger partial charge in [-0.2, -0.15) is 0 Å². The van der Waals surface area contributed by atoms with Crippen LogP contribution in [0.5, 0.6) is 0 Å². The minimum atomic E-state index is -0.394. The molecule has 0 radical (unpaired) electrons. The van der Waals surface area contributed by atoms with E-state index in [2.05, 4.69) is 24.3 Å². The molecule has 0 bridgehead atoms. The van der Waals surface area contributed by atoms with Crippen molar-refractivity contribution in [3.8, 4) is 0 Å². The number of rotatable bonds is 4. The van der Waals surface area contributed by atoms with Crippen LogP contribution < -0.4 is 0 Å². The van der Waals surface area contributed by atoms with E-state index in [4.69, 9.17) is 9.84 Å². The van der Waals surface area contributed by atoms with E-state index in [1.54, 1.807) is 4.90 Å². The van der Waals surface area contributed by atoms with Crippen molar-refractivity contribution in [3.63, 3.8) is 0 Å². The summed E-state index contributed by atoms with van der Waals surface area (Å²) in [5.74, 6) is 1.29. The number of ether oxygens (including phenoxy) is 1. The normalized spacial score (nSPS) is 30.3. The van der Waals surface area contributed by atoms with Crippen molar-refractivity contribution >= 4 is 5.91 Å². The van der Waals surface area contributed by atoms with Crippen molar-refractivity contribution in [2.24, 2.45) is 11.8 Å². The maximum Gasteiger partial charge on any atom is 0.248 e. The van der Waals surface area contributed by atoms with Gasteiger partial charge in [0.15, 0.2) is 0 Å². The fraction of sp³-hybridized carbons (Fsp3) is 0.588. The second kappa shape index (κ2) is 5.11. The van der Waals surface area contributed by atoms with Crippen LogP contribution in [0.1, 0.15) is 36.0 Å². The van der Waals surface area contributed by atoms with Crippen molar-refractivity contribution in [2.45, 2.75) is 24.9 Å². The van der Waals surface area contributed by atoms with E-state index < -0.39 is 6.61 Å². The predicted octanol–water partition coefficient (Wildman–Crippen LogP) is 1.70. The number of nitrogens with zero attached hydrogens (tertiary/aromatic N) is 1. The molecule has 1 unspecified atom stereocenters. The van der Waals surface area contributed by atoms with Gasteiger partial charge in [0.2, 0.25) is 5.91 Å². The first kappa shape index (κ1) is 13.3. The Morgan fingerprint density at radius 3 is 2.71 bits per heavy atom. The molecule has 3 aliphatic rings. The summed E-state index contributed by atoms with van der Waals surface area (Å²) in [5, 5.41) is 9.08. The molecular weight excluding hydrogens is 266 g/mol. The minimum absolute atomic E-state index is 0.114. The number of carbonyl (C=O) groups is 1. The van der Waals surface area contributed by atoms with E-state index in [0.717, 1.165) is 12.5 Å². The zero-order valence-electron chi connectivity index (χ0n) is 12.1. The number of carbonyl (C=O) groups excluding carboxylic acids is 1. The molecule has 0 spiro atoms. The van der Waals surface area contributed by atoms with Gasteiger partial charge in [-0.25, -0.2) is 0 Å². The third-order valence-electron chi connectivity index (χ3n) is 5.15. The quantitative estimate of drug-likeness (QED) is 0.917. The summed E-state index contributed by atoms with van der Waals surface area (Å²) in [5.41, 5.74) is 2.64. The first-order chi connectivity index (χ1) is 10.3. The summed E-state index contributed by atoms with van der Waals surface area (Å²) in [6.07, 6.45) is 2.69. The Morgan fingerprint density at radius 1 is 1.24 bits per heavy atom. The molecule has 1 aliphatic heterocycles. The van der Waals surface area contributed by atoms with Gasteiger partial charge in [-0.15, -0.1) is 0 Å². The van der Waals surface area contributed by atoms with Gasteiger partial charge < -0.3 is 14.7 Å². The molecule has 112 valence electrons. The molecule has 1 aromatic carbocycles. The van der Waals surface area contributed by atoms with E-state index in [0.29, 0.717) is 24.9 Å². The second-order valence-corrected chi connectivity index (χ2v) is 6.55. The average molecular weight is 287 g/mol. The highest BCUT2D eigenvalue weighted by Gasteiger charge is 2.48. The molecular formula is C17H21NO3. The summed E-state index contributed by atoms with van der Waals surface area (Å²) in [7, 11) is 0. The Morgan fingerprint density at radius 2 is 2.00 bits per heavy atom. The molecule has 1 aromatic rings. The molecule has 1 saturated heterocycles. The first-order valence-electron chi connectivity index (χ1n) is 7.87. The molecule has 0 aromatic heterocycles. The zero-order chi connectivity index (χ0) is 14.4. The van der Waals surface area contributed by atoms with Gasteiger partial charge >= 0.3 is 0 Å². The lowest BCUT2D eigenvalue weighted by atomic mass is 9.96. The van der Waals surface area contributed by atoms with Crippen LogP contribution in [0, 0.1) is 11.8 Å². The third kappa shape index (κ3) is 2.27.